The van der Waals surface area contributed by atoms with Crippen molar-refractivity contribution >= 4 is 5.91 Å². The molecule has 0 bridgehead atoms. The van der Waals surface area contributed by atoms with E-state index in [0.717, 1.165) is 17.9 Å². The van der Waals surface area contributed by atoms with E-state index in [1.165, 1.54) is 0 Å². The van der Waals surface area contributed by atoms with Crippen LogP contribution in [0, 0.1) is 0 Å². The first kappa shape index (κ1) is 15.4. The van der Waals surface area contributed by atoms with Crippen LogP contribution in [0.5, 0.6) is 11.5 Å². The third-order valence-corrected chi connectivity index (χ3v) is 3.32. The van der Waals surface area contributed by atoms with Gasteiger partial charge in [0, 0.05) is 18.2 Å². The molecular formula is C16H22N2O3. The highest BCUT2D eigenvalue weighted by atomic mass is 16.5. The maximum Gasteiger partial charge on any atom is 0.261 e. The molecule has 2 rings (SSSR count). The van der Waals surface area contributed by atoms with Crippen LogP contribution >= 0.6 is 0 Å². The molecule has 2 atom stereocenters. The van der Waals surface area contributed by atoms with E-state index in [1.807, 2.05) is 18.2 Å². The zero-order valence-electron chi connectivity index (χ0n) is 12.5. The molecule has 0 fully saturated rings. The number of hydrogen-bond acceptors (Lipinski definition) is 4. The van der Waals surface area contributed by atoms with Crippen molar-refractivity contribution in [3.63, 3.8) is 0 Å². The fourth-order valence-corrected chi connectivity index (χ4v) is 2.25. The van der Waals surface area contributed by atoms with Crippen LogP contribution < -0.4 is 20.1 Å². The molecule has 1 amide bonds. The maximum atomic E-state index is 11.8. The molecule has 0 saturated heterocycles. The summed E-state index contributed by atoms with van der Waals surface area (Å²) in [5, 5.41) is 6.07. The van der Waals surface area contributed by atoms with E-state index in [1.54, 1.807) is 13.0 Å². The summed E-state index contributed by atoms with van der Waals surface area (Å²) in [6.45, 7) is 9.30. The first-order chi connectivity index (χ1) is 10.2. The molecule has 1 aromatic rings. The monoisotopic (exact) mass is 290 g/mol. The Morgan fingerprint density at radius 1 is 1.62 bits per heavy atom. The van der Waals surface area contributed by atoms with Gasteiger partial charge in [0.05, 0.1) is 6.04 Å². The first-order valence-electron chi connectivity index (χ1n) is 7.21. The number of carbonyl (C=O) groups excluding carboxylic acids is 1. The molecule has 2 unspecified atom stereocenters. The minimum absolute atomic E-state index is 0.165. The van der Waals surface area contributed by atoms with Gasteiger partial charge in [0.15, 0.2) is 6.10 Å². The largest absolute Gasteiger partial charge is 0.491 e. The van der Waals surface area contributed by atoms with Gasteiger partial charge in [-0.25, -0.2) is 0 Å². The molecule has 0 radical (unpaired) electrons. The molecule has 5 heteroatoms. The van der Waals surface area contributed by atoms with Crippen molar-refractivity contribution in [3.8, 4) is 11.5 Å². The summed E-state index contributed by atoms with van der Waals surface area (Å²) in [7, 11) is 0. The normalized spacial score (nSPS) is 17.5. The summed E-state index contributed by atoms with van der Waals surface area (Å²) in [5.74, 6) is 1.28. The molecule has 114 valence electrons. The standard InChI is InChI=1S/C16H22N2O3/c1-4-8-18-16(19)11(3)21-12-6-7-13-14(17-5-2)10-20-15(13)9-12/h4,6-7,9,11,14,17H,1,5,8,10H2,2-3H3,(H,18,19). The Morgan fingerprint density at radius 2 is 2.43 bits per heavy atom. The number of likely N-dealkylation sites (N-methyl/N-ethyl adjacent to an activating group) is 1. The predicted octanol–water partition coefficient (Wildman–Crippen LogP) is 1.80. The van der Waals surface area contributed by atoms with E-state index in [2.05, 4.69) is 24.1 Å². The summed E-state index contributed by atoms with van der Waals surface area (Å²) in [4.78, 5) is 11.8. The van der Waals surface area contributed by atoms with Gasteiger partial charge in [0.25, 0.3) is 5.91 Å². The average molecular weight is 290 g/mol. The molecule has 1 heterocycles. The average Bonchev–Trinajstić information content (AvgIpc) is 2.87. The molecule has 1 aromatic carbocycles. The van der Waals surface area contributed by atoms with Crippen molar-refractivity contribution in [3.05, 3.63) is 36.4 Å². The number of ether oxygens (including phenoxy) is 2. The molecule has 5 nitrogen and oxygen atoms in total. The number of benzene rings is 1. The van der Waals surface area contributed by atoms with Crippen LogP contribution in [0.4, 0.5) is 0 Å². The van der Waals surface area contributed by atoms with Crippen LogP contribution in [-0.4, -0.2) is 31.7 Å². The van der Waals surface area contributed by atoms with Gasteiger partial charge in [0.1, 0.15) is 18.1 Å². The van der Waals surface area contributed by atoms with Crippen molar-refractivity contribution in [1.29, 1.82) is 0 Å². The maximum absolute atomic E-state index is 11.8. The molecule has 1 aliphatic rings. The lowest BCUT2D eigenvalue weighted by molar-refractivity contribution is -0.127. The lowest BCUT2D eigenvalue weighted by Gasteiger charge is -2.15. The first-order valence-corrected chi connectivity index (χ1v) is 7.21. The van der Waals surface area contributed by atoms with Crippen LogP contribution in [0.1, 0.15) is 25.5 Å². The molecule has 0 spiro atoms. The number of hydrogen-bond donors (Lipinski definition) is 2. The van der Waals surface area contributed by atoms with Crippen molar-refractivity contribution in [2.45, 2.75) is 26.0 Å². The lowest BCUT2D eigenvalue weighted by Crippen LogP contribution is -2.36. The van der Waals surface area contributed by atoms with Crippen LogP contribution in [0.2, 0.25) is 0 Å². The summed E-state index contributed by atoms with van der Waals surface area (Å²) in [5.41, 5.74) is 1.13. The van der Waals surface area contributed by atoms with Gasteiger partial charge in [-0.3, -0.25) is 4.79 Å². The fraction of sp³-hybridized carbons (Fsp3) is 0.438. The van der Waals surface area contributed by atoms with Crippen LogP contribution in [0.15, 0.2) is 30.9 Å². The van der Waals surface area contributed by atoms with E-state index < -0.39 is 6.10 Å². The molecule has 1 aliphatic heterocycles. The highest BCUT2D eigenvalue weighted by molar-refractivity contribution is 5.80. The Morgan fingerprint density at radius 3 is 3.14 bits per heavy atom. The van der Waals surface area contributed by atoms with Crippen LogP contribution in [0.25, 0.3) is 0 Å². The van der Waals surface area contributed by atoms with E-state index in [0.29, 0.717) is 18.9 Å². The number of amides is 1. The Bertz CT molecular complexity index is 516. The van der Waals surface area contributed by atoms with Gasteiger partial charge in [-0.1, -0.05) is 13.0 Å². The quantitative estimate of drug-likeness (QED) is 0.752. The van der Waals surface area contributed by atoms with Gasteiger partial charge in [-0.2, -0.15) is 0 Å². The lowest BCUT2D eigenvalue weighted by atomic mass is 10.1. The zero-order valence-corrected chi connectivity index (χ0v) is 12.5. The smallest absolute Gasteiger partial charge is 0.261 e. The van der Waals surface area contributed by atoms with E-state index >= 15 is 0 Å². The summed E-state index contributed by atoms with van der Waals surface area (Å²) < 4.78 is 11.3. The van der Waals surface area contributed by atoms with Gasteiger partial charge in [-0.05, 0) is 25.6 Å². The topological polar surface area (TPSA) is 59.6 Å². The highest BCUT2D eigenvalue weighted by Gasteiger charge is 2.24. The van der Waals surface area contributed by atoms with Crippen LogP contribution in [0.3, 0.4) is 0 Å². The molecule has 2 N–H and O–H groups in total. The minimum atomic E-state index is -0.561. The number of nitrogens with one attached hydrogen (secondary N) is 2. The van der Waals surface area contributed by atoms with Crippen LogP contribution in [-0.2, 0) is 4.79 Å². The van der Waals surface area contributed by atoms with Crippen molar-refractivity contribution in [1.82, 2.24) is 10.6 Å². The number of fused-ring (bicyclic) bond motifs is 1. The SMILES string of the molecule is C=CCNC(=O)C(C)Oc1ccc2c(c1)OCC2NCC. The van der Waals surface area contributed by atoms with E-state index in [-0.39, 0.29) is 11.9 Å². The Labute approximate surface area is 125 Å². The van der Waals surface area contributed by atoms with E-state index in [9.17, 15) is 4.79 Å². The van der Waals surface area contributed by atoms with Gasteiger partial charge in [-0.15, -0.1) is 6.58 Å². The van der Waals surface area contributed by atoms with Gasteiger partial charge >= 0.3 is 0 Å². The third kappa shape index (κ3) is 3.76. The number of carbonyl (C=O) groups is 1. The molecule has 21 heavy (non-hydrogen) atoms. The third-order valence-electron chi connectivity index (χ3n) is 3.32. The number of rotatable bonds is 7. The predicted molar refractivity (Wildman–Crippen MR) is 81.7 cm³/mol. The summed E-state index contributed by atoms with van der Waals surface area (Å²) >= 11 is 0. The molecule has 0 saturated carbocycles. The van der Waals surface area contributed by atoms with Gasteiger partial charge < -0.3 is 20.1 Å². The second kappa shape index (κ2) is 7.13. The Hall–Kier alpha value is -2.01. The van der Waals surface area contributed by atoms with Crippen molar-refractivity contribution < 1.29 is 14.3 Å². The molecular weight excluding hydrogens is 268 g/mol. The molecule has 0 aromatic heterocycles. The molecule has 0 aliphatic carbocycles. The minimum Gasteiger partial charge on any atom is -0.491 e. The van der Waals surface area contributed by atoms with Gasteiger partial charge in [0.2, 0.25) is 0 Å². The highest BCUT2D eigenvalue weighted by Crippen LogP contribution is 2.35. The Kier molecular flexibility index (Phi) is 5.22. The second-order valence-electron chi connectivity index (χ2n) is 4.91. The summed E-state index contributed by atoms with van der Waals surface area (Å²) in [6, 6.07) is 5.92. The second-order valence-corrected chi connectivity index (χ2v) is 4.91. The van der Waals surface area contributed by atoms with Crippen molar-refractivity contribution in [2.75, 3.05) is 19.7 Å². The zero-order chi connectivity index (χ0) is 15.2. The van der Waals surface area contributed by atoms with E-state index in [4.69, 9.17) is 9.47 Å². The summed E-state index contributed by atoms with van der Waals surface area (Å²) in [6.07, 6.45) is 1.07. The Balaban J connectivity index is 1.99. The fourth-order valence-electron chi connectivity index (χ4n) is 2.25. The van der Waals surface area contributed by atoms with Crippen molar-refractivity contribution in [2.24, 2.45) is 0 Å².